The Bertz CT molecular complexity index is 563. The van der Waals surface area contributed by atoms with E-state index in [9.17, 15) is 30.7 Å². The van der Waals surface area contributed by atoms with Crippen LogP contribution in [0.4, 0.5) is 30.7 Å². The monoisotopic (exact) mass is 374 g/mol. The maximum absolute atomic E-state index is 14.2. The van der Waals surface area contributed by atoms with Crippen molar-refractivity contribution in [1.29, 1.82) is 0 Å². The van der Waals surface area contributed by atoms with Crippen LogP contribution in [-0.4, -0.2) is 25.1 Å². The molecule has 1 unspecified atom stereocenters. The van der Waals surface area contributed by atoms with E-state index in [1.165, 1.54) is 12.1 Å². The van der Waals surface area contributed by atoms with Gasteiger partial charge < -0.3 is 4.74 Å². The number of benzene rings is 1. The summed E-state index contributed by atoms with van der Waals surface area (Å²) in [5, 5.41) is 0. The predicted molar refractivity (Wildman–Crippen MR) is 79.9 cm³/mol. The highest BCUT2D eigenvalue weighted by atomic mass is 19.4. The molecule has 0 spiro atoms. The van der Waals surface area contributed by atoms with Crippen molar-refractivity contribution in [1.82, 2.24) is 0 Å². The molecule has 0 radical (unpaired) electrons. The van der Waals surface area contributed by atoms with Gasteiger partial charge in [-0.25, -0.2) is 4.39 Å². The van der Waals surface area contributed by atoms with Crippen molar-refractivity contribution in [3.63, 3.8) is 0 Å². The van der Waals surface area contributed by atoms with Gasteiger partial charge in [-0.1, -0.05) is 38.1 Å². The van der Waals surface area contributed by atoms with Gasteiger partial charge in [-0.05, 0) is 30.4 Å². The number of rotatable bonds is 6. The van der Waals surface area contributed by atoms with Crippen LogP contribution in [0.1, 0.15) is 38.3 Å². The maximum atomic E-state index is 14.2. The summed E-state index contributed by atoms with van der Waals surface area (Å²) >= 11 is 0. The van der Waals surface area contributed by atoms with Gasteiger partial charge in [0, 0.05) is 13.5 Å². The second-order valence-corrected chi connectivity index (χ2v) is 6.66. The lowest BCUT2D eigenvalue weighted by atomic mass is 9.80. The van der Waals surface area contributed by atoms with E-state index in [1.54, 1.807) is 12.1 Å². The first-order valence-corrected chi connectivity index (χ1v) is 7.64. The molecule has 0 amide bonds. The van der Waals surface area contributed by atoms with E-state index < -0.39 is 30.0 Å². The summed E-state index contributed by atoms with van der Waals surface area (Å²) < 4.78 is 96.9. The van der Waals surface area contributed by atoms with Crippen LogP contribution in [0.5, 0.6) is 0 Å². The highest BCUT2D eigenvalue weighted by Gasteiger charge is 2.74. The van der Waals surface area contributed by atoms with E-state index in [1.807, 2.05) is 13.8 Å². The number of methoxy groups -OCH3 is 1. The average Bonchev–Trinajstić information content (AvgIpc) is 2.44. The number of hydrogen-bond acceptors (Lipinski definition) is 1. The Morgan fingerprint density at radius 3 is 1.80 bits per heavy atom. The smallest absolute Gasteiger partial charge is 0.374 e. The minimum Gasteiger partial charge on any atom is -0.374 e. The van der Waals surface area contributed by atoms with E-state index in [0.717, 1.165) is 14.0 Å². The molecule has 1 rings (SSSR count). The van der Waals surface area contributed by atoms with Crippen LogP contribution in [0.25, 0.3) is 0 Å². The summed E-state index contributed by atoms with van der Waals surface area (Å²) in [5.74, 6) is 0.0997. The zero-order valence-corrected chi connectivity index (χ0v) is 14.4. The van der Waals surface area contributed by atoms with Crippen LogP contribution in [0.2, 0.25) is 0 Å². The standard InChI is InChI=1S/C17H21F7O/c1-11(2)9-12-7-5-6-8-13(12)14(3,25-4)10-15(18,16(19,20)21)17(22,23)24/h5-8,11H,9-10H2,1-4H3. The van der Waals surface area contributed by atoms with Crippen molar-refractivity contribution in [2.75, 3.05) is 7.11 Å². The van der Waals surface area contributed by atoms with Crippen LogP contribution in [0.15, 0.2) is 24.3 Å². The SMILES string of the molecule is COC(C)(CC(F)(C(F)(F)F)C(F)(F)F)c1ccccc1CC(C)C. The first kappa shape index (κ1) is 21.7. The summed E-state index contributed by atoms with van der Waals surface area (Å²) in [6.07, 6.45) is -13.7. The third kappa shape index (κ3) is 4.46. The lowest BCUT2D eigenvalue weighted by Crippen LogP contribution is -2.56. The molecule has 1 nitrogen and oxygen atoms in total. The van der Waals surface area contributed by atoms with Crippen LogP contribution in [0, 0.1) is 5.92 Å². The van der Waals surface area contributed by atoms with Crippen LogP contribution >= 0.6 is 0 Å². The molecule has 0 aromatic heterocycles. The Kier molecular flexibility index (Phi) is 6.20. The molecule has 1 aromatic carbocycles. The predicted octanol–water partition coefficient (Wildman–Crippen LogP) is 5.97. The molecule has 0 aliphatic carbocycles. The molecule has 25 heavy (non-hydrogen) atoms. The largest absolute Gasteiger partial charge is 0.431 e. The van der Waals surface area contributed by atoms with Gasteiger partial charge >= 0.3 is 18.0 Å². The number of alkyl halides is 7. The third-order valence-corrected chi connectivity index (χ3v) is 4.15. The summed E-state index contributed by atoms with van der Waals surface area (Å²) in [6, 6.07) is 6.05. The number of ether oxygens (including phenoxy) is 1. The van der Waals surface area contributed by atoms with Crippen molar-refractivity contribution < 1.29 is 35.5 Å². The maximum Gasteiger partial charge on any atom is 0.431 e. The minimum absolute atomic E-state index is 0.0997. The van der Waals surface area contributed by atoms with Crippen LogP contribution in [-0.2, 0) is 16.8 Å². The van der Waals surface area contributed by atoms with Gasteiger partial charge in [0.2, 0.25) is 0 Å². The molecule has 1 aromatic rings. The molecule has 1 atom stereocenters. The second-order valence-electron chi connectivity index (χ2n) is 6.66. The molecule has 0 saturated heterocycles. The van der Waals surface area contributed by atoms with Gasteiger partial charge in [0.15, 0.2) is 0 Å². The Morgan fingerprint density at radius 2 is 1.40 bits per heavy atom. The summed E-state index contributed by atoms with van der Waals surface area (Å²) in [4.78, 5) is 0. The van der Waals surface area contributed by atoms with Gasteiger partial charge in [0.05, 0.1) is 5.60 Å². The van der Waals surface area contributed by atoms with E-state index in [4.69, 9.17) is 4.74 Å². The van der Waals surface area contributed by atoms with Gasteiger partial charge in [-0.15, -0.1) is 0 Å². The molecule has 0 heterocycles. The number of halogens is 7. The zero-order valence-electron chi connectivity index (χ0n) is 14.4. The highest BCUT2D eigenvalue weighted by molar-refractivity contribution is 5.33. The molecule has 0 N–H and O–H groups in total. The first-order chi connectivity index (χ1) is 11.2. The fourth-order valence-corrected chi connectivity index (χ4v) is 2.76. The third-order valence-electron chi connectivity index (χ3n) is 4.15. The van der Waals surface area contributed by atoms with E-state index in [-0.39, 0.29) is 11.5 Å². The average molecular weight is 374 g/mol. The molecule has 144 valence electrons. The van der Waals surface area contributed by atoms with E-state index in [2.05, 4.69) is 0 Å². The second kappa shape index (κ2) is 7.13. The Morgan fingerprint density at radius 1 is 0.920 bits per heavy atom. The Hall–Kier alpha value is -1.31. The van der Waals surface area contributed by atoms with Crippen molar-refractivity contribution in [2.45, 2.75) is 57.2 Å². The molecule has 0 bridgehead atoms. The zero-order chi connectivity index (χ0) is 19.7. The quantitative estimate of drug-likeness (QED) is 0.558. The molecule has 0 fully saturated rings. The fraction of sp³-hybridized carbons (Fsp3) is 0.647. The van der Waals surface area contributed by atoms with Gasteiger partial charge in [0.25, 0.3) is 0 Å². The first-order valence-electron chi connectivity index (χ1n) is 7.64. The van der Waals surface area contributed by atoms with Gasteiger partial charge in [0.1, 0.15) is 0 Å². The molecular formula is C17H21F7O. The highest BCUT2D eigenvalue weighted by Crippen LogP contribution is 2.52. The molecule has 0 aliphatic rings. The number of hydrogen-bond donors (Lipinski definition) is 0. The van der Waals surface area contributed by atoms with E-state index in [0.29, 0.717) is 12.0 Å². The lowest BCUT2D eigenvalue weighted by molar-refractivity contribution is -0.353. The van der Waals surface area contributed by atoms with E-state index >= 15 is 0 Å². The lowest BCUT2D eigenvalue weighted by Gasteiger charge is -2.39. The van der Waals surface area contributed by atoms with Crippen molar-refractivity contribution in [3.8, 4) is 0 Å². The molecular weight excluding hydrogens is 353 g/mol. The Balaban J connectivity index is 3.45. The van der Waals surface area contributed by atoms with Crippen LogP contribution in [0.3, 0.4) is 0 Å². The normalized spacial score (nSPS) is 16.2. The molecule has 0 saturated carbocycles. The van der Waals surface area contributed by atoms with Gasteiger partial charge in [-0.3, -0.25) is 0 Å². The van der Waals surface area contributed by atoms with Crippen LogP contribution < -0.4 is 0 Å². The van der Waals surface area contributed by atoms with Crippen molar-refractivity contribution in [2.24, 2.45) is 5.92 Å². The summed E-state index contributed by atoms with van der Waals surface area (Å²) in [5.41, 5.74) is -6.85. The topological polar surface area (TPSA) is 9.23 Å². The fourth-order valence-electron chi connectivity index (χ4n) is 2.76. The molecule has 0 aliphatic heterocycles. The molecule has 8 heteroatoms. The Labute approximate surface area is 142 Å². The van der Waals surface area contributed by atoms with Crippen molar-refractivity contribution in [3.05, 3.63) is 35.4 Å². The summed E-state index contributed by atoms with van der Waals surface area (Å²) in [7, 11) is 0.972. The minimum atomic E-state index is -6.11. The van der Waals surface area contributed by atoms with Gasteiger partial charge in [-0.2, -0.15) is 26.3 Å². The summed E-state index contributed by atoms with van der Waals surface area (Å²) in [6.45, 7) is 4.75. The van der Waals surface area contributed by atoms with Crippen molar-refractivity contribution >= 4 is 0 Å².